The number of thiazole rings is 1. The lowest BCUT2D eigenvalue weighted by Gasteiger charge is -2.41. The van der Waals surface area contributed by atoms with Gasteiger partial charge in [0.1, 0.15) is 5.69 Å². The number of carbonyl (C=O) groups is 1. The molecule has 7 heteroatoms. The lowest BCUT2D eigenvalue weighted by molar-refractivity contribution is 0.0677. The van der Waals surface area contributed by atoms with Crippen LogP contribution in [0.25, 0.3) is 0 Å². The van der Waals surface area contributed by atoms with E-state index in [9.17, 15) is 4.79 Å². The molecular formula is C20H23N5OS. The van der Waals surface area contributed by atoms with Crippen LogP contribution in [0.5, 0.6) is 0 Å². The van der Waals surface area contributed by atoms with Crippen molar-refractivity contribution in [2.24, 2.45) is 0 Å². The molecule has 0 spiro atoms. The molecule has 1 amide bonds. The van der Waals surface area contributed by atoms with Crippen LogP contribution in [0.15, 0.2) is 48.0 Å². The predicted octanol–water partition coefficient (Wildman–Crippen LogP) is 3.16. The van der Waals surface area contributed by atoms with E-state index in [0.29, 0.717) is 23.9 Å². The largest absolute Gasteiger partial charge is 0.375 e. The molecule has 27 heavy (non-hydrogen) atoms. The average Bonchev–Trinajstić information content (AvgIpc) is 3.37. The van der Waals surface area contributed by atoms with Crippen LogP contribution in [0.2, 0.25) is 0 Å². The smallest absolute Gasteiger partial charge is 0.274 e. The number of nitrogens with two attached hydrogens (primary N) is 1. The van der Waals surface area contributed by atoms with Gasteiger partial charge >= 0.3 is 0 Å². The normalized spacial score (nSPS) is 16.4. The number of benzene rings is 1. The van der Waals surface area contributed by atoms with Crippen molar-refractivity contribution in [1.29, 1.82) is 0 Å². The first-order chi connectivity index (χ1) is 13.1. The molecule has 140 valence electrons. The van der Waals surface area contributed by atoms with Crippen molar-refractivity contribution in [3.63, 3.8) is 0 Å². The Morgan fingerprint density at radius 1 is 1.22 bits per heavy atom. The Kier molecular flexibility index (Phi) is 4.70. The highest BCUT2D eigenvalue weighted by atomic mass is 32.1. The summed E-state index contributed by atoms with van der Waals surface area (Å²) in [4.78, 5) is 19.3. The van der Waals surface area contributed by atoms with E-state index in [1.165, 1.54) is 16.9 Å². The number of nitrogen functional groups attached to an aromatic ring is 1. The van der Waals surface area contributed by atoms with E-state index in [2.05, 4.69) is 39.7 Å². The third-order valence-electron chi connectivity index (χ3n) is 5.43. The quantitative estimate of drug-likeness (QED) is 0.753. The maximum Gasteiger partial charge on any atom is 0.274 e. The number of rotatable bonds is 4. The molecule has 3 heterocycles. The zero-order chi connectivity index (χ0) is 18.9. The Morgan fingerprint density at radius 3 is 2.56 bits per heavy atom. The van der Waals surface area contributed by atoms with Crippen molar-refractivity contribution in [2.75, 3.05) is 18.8 Å². The molecule has 1 fully saturated rings. The number of nitrogens with zero attached hydrogens (tertiary/aromatic N) is 4. The maximum atomic E-state index is 12.8. The predicted molar refractivity (Wildman–Crippen MR) is 107 cm³/mol. The first-order valence-corrected chi connectivity index (χ1v) is 10.1. The molecule has 2 N–H and O–H groups in total. The fourth-order valence-electron chi connectivity index (χ4n) is 3.86. The number of hydrogen-bond donors (Lipinski definition) is 1. The zero-order valence-electron chi connectivity index (χ0n) is 15.3. The van der Waals surface area contributed by atoms with E-state index >= 15 is 0 Å². The van der Waals surface area contributed by atoms with Crippen LogP contribution in [0.4, 0.5) is 5.13 Å². The number of anilines is 1. The maximum absolute atomic E-state index is 12.8. The summed E-state index contributed by atoms with van der Waals surface area (Å²) in [7, 11) is 0. The molecule has 0 atom stereocenters. The van der Waals surface area contributed by atoms with Gasteiger partial charge in [-0.2, -0.15) is 5.10 Å². The Morgan fingerprint density at radius 2 is 1.96 bits per heavy atom. The highest BCUT2D eigenvalue weighted by Crippen LogP contribution is 2.42. The van der Waals surface area contributed by atoms with E-state index in [1.807, 2.05) is 24.1 Å². The number of aromatic nitrogens is 3. The molecule has 2 aromatic heterocycles. The van der Waals surface area contributed by atoms with Crippen molar-refractivity contribution in [3.05, 3.63) is 64.9 Å². The lowest BCUT2D eigenvalue weighted by Crippen LogP contribution is -2.46. The molecule has 4 rings (SSSR count). The molecule has 1 aliphatic rings. The van der Waals surface area contributed by atoms with Crippen LogP contribution in [0.3, 0.4) is 0 Å². The molecule has 0 aliphatic carbocycles. The van der Waals surface area contributed by atoms with Crippen molar-refractivity contribution >= 4 is 22.4 Å². The highest BCUT2D eigenvalue weighted by Gasteiger charge is 2.41. The highest BCUT2D eigenvalue weighted by molar-refractivity contribution is 7.13. The summed E-state index contributed by atoms with van der Waals surface area (Å²) in [5.74, 6) is 0.00153. The number of carbonyl (C=O) groups excluding carboxylic acids is 1. The molecule has 3 aromatic rings. The van der Waals surface area contributed by atoms with Crippen LogP contribution >= 0.6 is 11.3 Å². The van der Waals surface area contributed by atoms with Crippen LogP contribution in [-0.2, 0) is 12.0 Å². The third-order valence-corrected chi connectivity index (χ3v) is 6.10. The first-order valence-electron chi connectivity index (χ1n) is 9.22. The summed E-state index contributed by atoms with van der Waals surface area (Å²) in [6.45, 7) is 4.11. The van der Waals surface area contributed by atoms with E-state index < -0.39 is 0 Å². The summed E-state index contributed by atoms with van der Waals surface area (Å²) in [5, 5.41) is 7.00. The molecule has 1 aromatic carbocycles. The second kappa shape index (κ2) is 7.15. The van der Waals surface area contributed by atoms with Gasteiger partial charge in [-0.25, -0.2) is 4.98 Å². The number of aryl methyl sites for hydroxylation is 1. The Bertz CT molecular complexity index is 925. The topological polar surface area (TPSA) is 77.0 Å². The van der Waals surface area contributed by atoms with E-state index in [-0.39, 0.29) is 11.3 Å². The Hall–Kier alpha value is -2.67. The minimum Gasteiger partial charge on any atom is -0.375 e. The minimum atomic E-state index is -0.199. The summed E-state index contributed by atoms with van der Waals surface area (Å²) >= 11 is 1.47. The fourth-order valence-corrected chi connectivity index (χ4v) is 4.52. The Labute approximate surface area is 162 Å². The third kappa shape index (κ3) is 3.23. The van der Waals surface area contributed by atoms with Gasteiger partial charge in [0, 0.05) is 36.6 Å². The van der Waals surface area contributed by atoms with E-state index in [4.69, 9.17) is 5.73 Å². The number of piperidine rings is 1. The molecule has 0 bridgehead atoms. The summed E-state index contributed by atoms with van der Waals surface area (Å²) in [6, 6.07) is 12.2. The van der Waals surface area contributed by atoms with Crippen molar-refractivity contribution in [1.82, 2.24) is 19.7 Å². The standard InChI is InChI=1S/C20H23N5OS/c1-2-25-11-8-16(23-25)18(26)24-12-9-20(10-13-24,15-6-4-3-5-7-15)17-14-27-19(21)22-17/h3-8,11,14H,2,9-10,12-13H2,1H3,(H2,21,22). The Balaban J connectivity index is 1.59. The average molecular weight is 382 g/mol. The molecule has 0 unspecified atom stereocenters. The van der Waals surface area contributed by atoms with Gasteiger partial charge in [0.2, 0.25) is 0 Å². The number of likely N-dealkylation sites (tertiary alicyclic amines) is 1. The van der Waals surface area contributed by atoms with Gasteiger partial charge in [0.15, 0.2) is 5.13 Å². The molecular weight excluding hydrogens is 358 g/mol. The monoisotopic (exact) mass is 381 g/mol. The molecule has 0 radical (unpaired) electrons. The molecule has 6 nitrogen and oxygen atoms in total. The van der Waals surface area contributed by atoms with Gasteiger partial charge in [-0.15, -0.1) is 11.3 Å². The zero-order valence-corrected chi connectivity index (χ0v) is 16.2. The fraction of sp³-hybridized carbons (Fsp3) is 0.350. The molecule has 0 saturated carbocycles. The lowest BCUT2D eigenvalue weighted by atomic mass is 9.70. The van der Waals surface area contributed by atoms with Gasteiger partial charge in [0.25, 0.3) is 5.91 Å². The van der Waals surface area contributed by atoms with Gasteiger partial charge in [-0.05, 0) is 31.4 Å². The number of hydrogen-bond acceptors (Lipinski definition) is 5. The summed E-state index contributed by atoms with van der Waals surface area (Å²) in [5.41, 5.74) is 8.48. The second-order valence-corrected chi connectivity index (χ2v) is 7.76. The van der Waals surface area contributed by atoms with Gasteiger partial charge in [0.05, 0.1) is 5.69 Å². The van der Waals surface area contributed by atoms with Gasteiger partial charge in [-0.3, -0.25) is 9.48 Å². The second-order valence-electron chi connectivity index (χ2n) is 6.87. The van der Waals surface area contributed by atoms with Crippen LogP contribution in [0, 0.1) is 0 Å². The molecule has 1 aliphatic heterocycles. The van der Waals surface area contributed by atoms with Gasteiger partial charge in [-0.1, -0.05) is 30.3 Å². The first kappa shape index (κ1) is 17.7. The summed E-state index contributed by atoms with van der Waals surface area (Å²) < 4.78 is 1.78. The number of amides is 1. The molecule has 1 saturated heterocycles. The van der Waals surface area contributed by atoms with Crippen LogP contribution in [0.1, 0.15) is 41.5 Å². The minimum absolute atomic E-state index is 0.00153. The van der Waals surface area contributed by atoms with Gasteiger partial charge < -0.3 is 10.6 Å². The van der Waals surface area contributed by atoms with Crippen molar-refractivity contribution < 1.29 is 4.79 Å². The SMILES string of the molecule is CCn1ccc(C(=O)N2CCC(c3ccccc3)(c3csc(N)n3)CC2)n1. The van der Waals surface area contributed by atoms with Crippen LogP contribution in [-0.4, -0.2) is 38.7 Å². The van der Waals surface area contributed by atoms with Crippen LogP contribution < -0.4 is 5.73 Å². The van der Waals surface area contributed by atoms with Crippen molar-refractivity contribution in [3.8, 4) is 0 Å². The van der Waals surface area contributed by atoms with E-state index in [0.717, 1.165) is 25.1 Å². The van der Waals surface area contributed by atoms with E-state index in [1.54, 1.807) is 10.7 Å². The van der Waals surface area contributed by atoms with Crippen molar-refractivity contribution in [2.45, 2.75) is 31.7 Å². The summed E-state index contributed by atoms with van der Waals surface area (Å²) in [6.07, 6.45) is 3.49.